The van der Waals surface area contributed by atoms with E-state index in [1.807, 2.05) is 30.3 Å². The number of carbonyl (C=O) groups excluding carboxylic acids is 1. The molecule has 3 nitrogen and oxygen atoms in total. The molecular formula is C24H20BrF2NO2. The molecule has 0 bridgehead atoms. The van der Waals surface area contributed by atoms with Crippen LogP contribution in [0.4, 0.5) is 14.5 Å². The number of nitrogens with one attached hydrogen (secondary N) is 1. The number of rotatable bonds is 7. The van der Waals surface area contributed by atoms with Gasteiger partial charge in [-0.15, -0.1) is 0 Å². The van der Waals surface area contributed by atoms with Crippen molar-refractivity contribution in [2.24, 2.45) is 0 Å². The van der Waals surface area contributed by atoms with Crippen molar-refractivity contribution in [1.82, 2.24) is 0 Å². The highest BCUT2D eigenvalue weighted by atomic mass is 79.9. The third-order valence-electron chi connectivity index (χ3n) is 4.48. The van der Waals surface area contributed by atoms with Gasteiger partial charge in [0.05, 0.1) is 6.61 Å². The minimum atomic E-state index is -1.65. The normalized spacial score (nSPS) is 13.1. The zero-order chi connectivity index (χ0) is 21.6. The van der Waals surface area contributed by atoms with E-state index in [0.717, 1.165) is 17.7 Å². The lowest BCUT2D eigenvalue weighted by molar-refractivity contribution is -0.147. The molecule has 1 atom stereocenters. The number of hydrogen-bond acceptors (Lipinski definition) is 3. The minimum absolute atomic E-state index is 0.111. The van der Waals surface area contributed by atoms with Crippen LogP contribution in [0.25, 0.3) is 6.08 Å². The second-order valence-corrected chi connectivity index (χ2v) is 7.42. The molecule has 0 aliphatic carbocycles. The Kier molecular flexibility index (Phi) is 7.00. The van der Waals surface area contributed by atoms with Crippen LogP contribution >= 0.6 is 15.9 Å². The Bertz CT molecular complexity index is 1020. The van der Waals surface area contributed by atoms with Gasteiger partial charge in [0.1, 0.15) is 17.3 Å². The molecule has 0 aliphatic heterocycles. The predicted octanol–water partition coefficient (Wildman–Crippen LogP) is 6.31. The topological polar surface area (TPSA) is 38.3 Å². The van der Waals surface area contributed by atoms with Crippen LogP contribution in [0, 0.1) is 11.6 Å². The Morgan fingerprint density at radius 2 is 1.60 bits per heavy atom. The summed E-state index contributed by atoms with van der Waals surface area (Å²) >= 11 is 3.07. The molecular weight excluding hydrogens is 452 g/mol. The van der Waals surface area contributed by atoms with Crippen LogP contribution in [-0.4, -0.2) is 12.6 Å². The zero-order valence-corrected chi connectivity index (χ0v) is 17.8. The first kappa shape index (κ1) is 21.7. The van der Waals surface area contributed by atoms with E-state index in [1.165, 1.54) is 0 Å². The molecule has 3 rings (SSSR count). The summed E-state index contributed by atoms with van der Waals surface area (Å²) in [6, 6.07) is 20.3. The standard InChI is InChI=1S/C24H20BrF2NO2/c1-2-30-23(29)24(18-11-7-4-8-12-18,14-13-17-9-5-3-6-10-17)28-22-20(26)15-19(25)16-21(22)27/h3-16,28H,2H2,1H3/b14-13+. The quantitative estimate of drug-likeness (QED) is 0.410. The number of carbonyl (C=O) groups is 1. The number of esters is 1. The summed E-state index contributed by atoms with van der Waals surface area (Å²) in [4.78, 5) is 13.2. The lowest BCUT2D eigenvalue weighted by Crippen LogP contribution is -2.43. The van der Waals surface area contributed by atoms with Crippen LogP contribution in [0.15, 0.2) is 83.3 Å². The maximum absolute atomic E-state index is 14.7. The van der Waals surface area contributed by atoms with Gasteiger partial charge in [-0.25, -0.2) is 13.6 Å². The number of halogens is 3. The van der Waals surface area contributed by atoms with Gasteiger partial charge in [0.15, 0.2) is 5.54 Å². The summed E-state index contributed by atoms with van der Waals surface area (Å²) in [6.07, 6.45) is 3.28. The maximum atomic E-state index is 14.7. The third kappa shape index (κ3) is 4.76. The molecule has 6 heteroatoms. The van der Waals surface area contributed by atoms with E-state index in [1.54, 1.807) is 49.4 Å². The van der Waals surface area contributed by atoms with Gasteiger partial charge in [0, 0.05) is 4.47 Å². The van der Waals surface area contributed by atoms with E-state index in [0.29, 0.717) is 5.56 Å². The summed E-state index contributed by atoms with van der Waals surface area (Å²) in [7, 11) is 0. The molecule has 0 radical (unpaired) electrons. The van der Waals surface area contributed by atoms with E-state index in [-0.39, 0.29) is 11.1 Å². The second-order valence-electron chi connectivity index (χ2n) is 6.51. The maximum Gasteiger partial charge on any atom is 0.340 e. The van der Waals surface area contributed by atoms with Crippen molar-refractivity contribution in [2.45, 2.75) is 12.5 Å². The van der Waals surface area contributed by atoms with E-state index >= 15 is 0 Å². The lowest BCUT2D eigenvalue weighted by Gasteiger charge is -2.31. The van der Waals surface area contributed by atoms with E-state index < -0.39 is 28.8 Å². The van der Waals surface area contributed by atoms with Crippen LogP contribution < -0.4 is 5.32 Å². The van der Waals surface area contributed by atoms with Crippen LogP contribution in [-0.2, 0) is 15.1 Å². The average Bonchev–Trinajstić information content (AvgIpc) is 2.74. The molecule has 0 heterocycles. The molecule has 0 aromatic heterocycles. The van der Waals surface area contributed by atoms with Gasteiger partial charge < -0.3 is 10.1 Å². The van der Waals surface area contributed by atoms with Gasteiger partial charge in [-0.3, -0.25) is 0 Å². The number of anilines is 1. The Labute approximate surface area is 182 Å². The number of benzene rings is 3. The fourth-order valence-corrected chi connectivity index (χ4v) is 3.44. The molecule has 3 aromatic carbocycles. The van der Waals surface area contributed by atoms with Crippen molar-refractivity contribution in [3.05, 3.63) is 106 Å². The molecule has 0 fully saturated rings. The van der Waals surface area contributed by atoms with Crippen molar-refractivity contribution in [1.29, 1.82) is 0 Å². The highest BCUT2D eigenvalue weighted by Crippen LogP contribution is 2.34. The Morgan fingerprint density at radius 1 is 1.03 bits per heavy atom. The minimum Gasteiger partial charge on any atom is -0.464 e. The van der Waals surface area contributed by atoms with Crippen LogP contribution in [0.1, 0.15) is 18.1 Å². The Morgan fingerprint density at radius 3 is 2.17 bits per heavy atom. The van der Waals surface area contributed by atoms with Crippen molar-refractivity contribution in [3.63, 3.8) is 0 Å². The Hall–Kier alpha value is -2.99. The van der Waals surface area contributed by atoms with Gasteiger partial charge in [0.2, 0.25) is 0 Å². The third-order valence-corrected chi connectivity index (χ3v) is 4.94. The largest absolute Gasteiger partial charge is 0.464 e. The Balaban J connectivity index is 2.20. The van der Waals surface area contributed by atoms with Crippen molar-refractivity contribution >= 4 is 33.7 Å². The van der Waals surface area contributed by atoms with E-state index in [2.05, 4.69) is 21.2 Å². The molecule has 0 aliphatic rings. The number of hydrogen-bond donors (Lipinski definition) is 1. The van der Waals surface area contributed by atoms with Crippen molar-refractivity contribution in [2.75, 3.05) is 11.9 Å². The summed E-state index contributed by atoms with van der Waals surface area (Å²) < 4.78 is 34.9. The molecule has 1 N–H and O–H groups in total. The zero-order valence-electron chi connectivity index (χ0n) is 16.2. The smallest absolute Gasteiger partial charge is 0.340 e. The SMILES string of the molecule is CCOC(=O)C(/C=C/c1ccccc1)(Nc1c(F)cc(Br)cc1F)c1ccccc1. The van der Waals surface area contributed by atoms with E-state index in [9.17, 15) is 13.6 Å². The summed E-state index contributed by atoms with van der Waals surface area (Å²) in [5.41, 5.74) is -0.770. The molecule has 0 spiro atoms. The molecule has 3 aromatic rings. The molecule has 154 valence electrons. The highest BCUT2D eigenvalue weighted by molar-refractivity contribution is 9.10. The molecule has 30 heavy (non-hydrogen) atoms. The second kappa shape index (κ2) is 9.67. The molecule has 0 saturated heterocycles. The van der Waals surface area contributed by atoms with E-state index in [4.69, 9.17) is 4.74 Å². The molecule has 0 saturated carbocycles. The lowest BCUT2D eigenvalue weighted by atomic mass is 9.88. The average molecular weight is 472 g/mol. The van der Waals surface area contributed by atoms with Gasteiger partial charge >= 0.3 is 5.97 Å². The predicted molar refractivity (Wildman–Crippen MR) is 118 cm³/mol. The summed E-state index contributed by atoms with van der Waals surface area (Å²) in [6.45, 7) is 1.79. The first-order valence-electron chi connectivity index (χ1n) is 9.36. The van der Waals surface area contributed by atoms with Crippen molar-refractivity contribution < 1.29 is 18.3 Å². The highest BCUT2D eigenvalue weighted by Gasteiger charge is 2.41. The van der Waals surface area contributed by atoms with Crippen LogP contribution in [0.3, 0.4) is 0 Å². The van der Waals surface area contributed by atoms with Crippen LogP contribution in [0.2, 0.25) is 0 Å². The van der Waals surface area contributed by atoms with Gasteiger partial charge in [0.25, 0.3) is 0 Å². The first-order chi connectivity index (χ1) is 14.5. The van der Waals surface area contributed by atoms with Crippen LogP contribution in [0.5, 0.6) is 0 Å². The summed E-state index contributed by atoms with van der Waals surface area (Å²) in [5.74, 6) is -2.34. The molecule has 0 amide bonds. The summed E-state index contributed by atoms with van der Waals surface area (Å²) in [5, 5.41) is 2.80. The van der Waals surface area contributed by atoms with Crippen molar-refractivity contribution in [3.8, 4) is 0 Å². The fraction of sp³-hybridized carbons (Fsp3) is 0.125. The molecule has 1 unspecified atom stereocenters. The van der Waals surface area contributed by atoms with Gasteiger partial charge in [-0.05, 0) is 36.3 Å². The number of ether oxygens (including phenoxy) is 1. The van der Waals surface area contributed by atoms with Gasteiger partial charge in [-0.2, -0.15) is 0 Å². The fourth-order valence-electron chi connectivity index (χ4n) is 3.04. The van der Waals surface area contributed by atoms with Gasteiger partial charge in [-0.1, -0.05) is 82.7 Å². The first-order valence-corrected chi connectivity index (χ1v) is 10.2. The monoisotopic (exact) mass is 471 g/mol.